The molecule has 5 heteroatoms. The summed E-state index contributed by atoms with van der Waals surface area (Å²) < 4.78 is 0. The highest BCUT2D eigenvalue weighted by molar-refractivity contribution is 5.90. The van der Waals surface area contributed by atoms with Gasteiger partial charge >= 0.3 is 0 Å². The van der Waals surface area contributed by atoms with Crippen LogP contribution in [0.3, 0.4) is 0 Å². The fourth-order valence-electron chi connectivity index (χ4n) is 2.03. The van der Waals surface area contributed by atoms with Crippen LogP contribution in [0.1, 0.15) is 13.3 Å². The lowest BCUT2D eigenvalue weighted by molar-refractivity contribution is 0.301. The number of para-hydroxylation sites is 1. The number of fused-ring (bicyclic) bond motifs is 1. The highest BCUT2D eigenvalue weighted by Gasteiger charge is 2.12. The Morgan fingerprint density at radius 3 is 2.72 bits per heavy atom. The number of nitrogen functional groups attached to an aromatic ring is 1. The molecular formula is C13H18N4O. The normalized spacial score (nSPS) is 10.8. The largest absolute Gasteiger partial charge is 0.395 e. The summed E-state index contributed by atoms with van der Waals surface area (Å²) in [5.74, 6) is 1.07. The van der Waals surface area contributed by atoms with E-state index in [4.69, 9.17) is 10.8 Å². The van der Waals surface area contributed by atoms with Crippen molar-refractivity contribution in [1.82, 2.24) is 9.97 Å². The average Bonchev–Trinajstić information content (AvgIpc) is 2.37. The summed E-state index contributed by atoms with van der Waals surface area (Å²) in [6.07, 6.45) is 0.984. The minimum absolute atomic E-state index is 0.0955. The average molecular weight is 246 g/mol. The molecule has 96 valence electrons. The van der Waals surface area contributed by atoms with E-state index in [0.29, 0.717) is 6.54 Å². The monoisotopic (exact) mass is 246 g/mol. The minimum atomic E-state index is 0.0955. The van der Waals surface area contributed by atoms with Crippen molar-refractivity contribution in [3.05, 3.63) is 24.3 Å². The lowest BCUT2D eigenvalue weighted by atomic mass is 10.2. The first-order valence-electron chi connectivity index (χ1n) is 6.14. The van der Waals surface area contributed by atoms with Crippen molar-refractivity contribution >= 4 is 22.7 Å². The molecule has 0 amide bonds. The van der Waals surface area contributed by atoms with Gasteiger partial charge in [0.1, 0.15) is 5.82 Å². The Morgan fingerprint density at radius 1 is 1.22 bits per heavy atom. The number of rotatable bonds is 5. The van der Waals surface area contributed by atoms with Crippen molar-refractivity contribution in [2.75, 3.05) is 30.3 Å². The molecule has 5 nitrogen and oxygen atoms in total. The summed E-state index contributed by atoms with van der Waals surface area (Å²) in [5, 5.41) is 10.1. The predicted molar refractivity (Wildman–Crippen MR) is 73.5 cm³/mol. The van der Waals surface area contributed by atoms with Crippen molar-refractivity contribution in [2.45, 2.75) is 13.3 Å². The number of hydrogen-bond donors (Lipinski definition) is 2. The molecule has 2 aromatic rings. The Morgan fingerprint density at radius 2 is 2.00 bits per heavy atom. The SMILES string of the molecule is CCCN(CCO)c1nc(N)nc2ccccc12. The van der Waals surface area contributed by atoms with Crippen LogP contribution in [0.25, 0.3) is 10.9 Å². The standard InChI is InChI=1S/C13H18N4O/c1-2-7-17(8-9-18)12-10-5-3-4-6-11(10)15-13(14)16-12/h3-6,18H,2,7-9H2,1H3,(H2,14,15,16). The second kappa shape index (κ2) is 5.64. The van der Waals surface area contributed by atoms with Crippen molar-refractivity contribution in [2.24, 2.45) is 0 Å². The molecule has 0 aliphatic heterocycles. The van der Waals surface area contributed by atoms with E-state index in [1.54, 1.807) is 0 Å². The molecule has 0 spiro atoms. The van der Waals surface area contributed by atoms with Gasteiger partial charge < -0.3 is 15.7 Å². The van der Waals surface area contributed by atoms with Gasteiger partial charge in [-0.15, -0.1) is 0 Å². The minimum Gasteiger partial charge on any atom is -0.395 e. The highest BCUT2D eigenvalue weighted by Crippen LogP contribution is 2.24. The molecule has 3 N–H and O–H groups in total. The molecule has 1 aromatic heterocycles. The first kappa shape index (κ1) is 12.6. The third-order valence-electron chi connectivity index (χ3n) is 2.76. The van der Waals surface area contributed by atoms with Crippen LogP contribution in [0, 0.1) is 0 Å². The second-order valence-electron chi connectivity index (χ2n) is 4.13. The molecule has 2 rings (SSSR count). The Bertz CT molecular complexity index is 523. The van der Waals surface area contributed by atoms with Crippen molar-refractivity contribution in [3.63, 3.8) is 0 Å². The summed E-state index contributed by atoms with van der Waals surface area (Å²) >= 11 is 0. The van der Waals surface area contributed by atoms with Crippen LogP contribution in [0.15, 0.2) is 24.3 Å². The van der Waals surface area contributed by atoms with E-state index in [2.05, 4.69) is 16.9 Å². The smallest absolute Gasteiger partial charge is 0.222 e. The molecule has 0 aliphatic carbocycles. The van der Waals surface area contributed by atoms with Crippen molar-refractivity contribution < 1.29 is 5.11 Å². The molecule has 0 saturated heterocycles. The summed E-state index contributed by atoms with van der Waals surface area (Å²) in [7, 11) is 0. The Hall–Kier alpha value is -1.88. The van der Waals surface area contributed by atoms with E-state index >= 15 is 0 Å². The van der Waals surface area contributed by atoms with Crippen LogP contribution in [0.4, 0.5) is 11.8 Å². The van der Waals surface area contributed by atoms with E-state index in [-0.39, 0.29) is 12.6 Å². The molecule has 0 aliphatic rings. The second-order valence-corrected chi connectivity index (χ2v) is 4.13. The van der Waals surface area contributed by atoms with Crippen molar-refractivity contribution in [3.8, 4) is 0 Å². The van der Waals surface area contributed by atoms with E-state index in [1.807, 2.05) is 29.2 Å². The van der Waals surface area contributed by atoms with Crippen LogP contribution in [-0.2, 0) is 0 Å². The zero-order chi connectivity index (χ0) is 13.0. The van der Waals surface area contributed by atoms with Gasteiger partial charge in [0.25, 0.3) is 0 Å². The van der Waals surface area contributed by atoms with Gasteiger partial charge in [-0.05, 0) is 18.6 Å². The molecular weight excluding hydrogens is 228 g/mol. The predicted octanol–water partition coefficient (Wildman–Crippen LogP) is 1.42. The van der Waals surface area contributed by atoms with Crippen LogP contribution >= 0.6 is 0 Å². The zero-order valence-corrected chi connectivity index (χ0v) is 10.5. The van der Waals surface area contributed by atoms with Gasteiger partial charge in [-0.2, -0.15) is 4.98 Å². The van der Waals surface area contributed by atoms with Crippen LogP contribution in [0.2, 0.25) is 0 Å². The number of aliphatic hydroxyl groups excluding tert-OH is 1. The van der Waals surface area contributed by atoms with Crippen molar-refractivity contribution in [1.29, 1.82) is 0 Å². The Balaban J connectivity index is 2.52. The van der Waals surface area contributed by atoms with Gasteiger partial charge in [0, 0.05) is 18.5 Å². The fourth-order valence-corrected chi connectivity index (χ4v) is 2.03. The van der Waals surface area contributed by atoms with Gasteiger partial charge in [-0.1, -0.05) is 19.1 Å². The number of aliphatic hydroxyl groups is 1. The first-order chi connectivity index (χ1) is 8.76. The molecule has 1 heterocycles. The quantitative estimate of drug-likeness (QED) is 0.834. The van der Waals surface area contributed by atoms with Crippen LogP contribution < -0.4 is 10.6 Å². The number of nitrogens with zero attached hydrogens (tertiary/aromatic N) is 3. The summed E-state index contributed by atoms with van der Waals surface area (Å²) in [6, 6.07) is 7.77. The number of aromatic nitrogens is 2. The first-order valence-corrected chi connectivity index (χ1v) is 6.14. The maximum atomic E-state index is 9.15. The van der Waals surface area contributed by atoms with Crippen LogP contribution in [-0.4, -0.2) is 34.8 Å². The van der Waals surface area contributed by atoms with E-state index < -0.39 is 0 Å². The van der Waals surface area contributed by atoms with Gasteiger partial charge in [0.15, 0.2) is 0 Å². The molecule has 0 bridgehead atoms. The molecule has 0 unspecified atom stereocenters. The summed E-state index contributed by atoms with van der Waals surface area (Å²) in [6.45, 7) is 3.57. The third-order valence-corrected chi connectivity index (χ3v) is 2.76. The number of hydrogen-bond acceptors (Lipinski definition) is 5. The number of benzene rings is 1. The molecule has 0 radical (unpaired) electrons. The maximum absolute atomic E-state index is 9.15. The zero-order valence-electron chi connectivity index (χ0n) is 10.5. The maximum Gasteiger partial charge on any atom is 0.222 e. The van der Waals surface area contributed by atoms with E-state index in [1.165, 1.54) is 0 Å². The lowest BCUT2D eigenvalue weighted by Gasteiger charge is -2.23. The highest BCUT2D eigenvalue weighted by atomic mass is 16.3. The van der Waals surface area contributed by atoms with Crippen LogP contribution in [0.5, 0.6) is 0 Å². The number of nitrogens with two attached hydrogens (primary N) is 1. The fraction of sp³-hybridized carbons (Fsp3) is 0.385. The topological polar surface area (TPSA) is 75.3 Å². The molecule has 0 atom stereocenters. The van der Waals surface area contributed by atoms with Gasteiger partial charge in [-0.25, -0.2) is 4.98 Å². The van der Waals surface area contributed by atoms with Gasteiger partial charge in [0.2, 0.25) is 5.95 Å². The molecule has 0 fully saturated rings. The lowest BCUT2D eigenvalue weighted by Crippen LogP contribution is -2.28. The Labute approximate surface area is 106 Å². The van der Waals surface area contributed by atoms with E-state index in [9.17, 15) is 0 Å². The molecule has 0 saturated carbocycles. The number of anilines is 2. The summed E-state index contributed by atoms with van der Waals surface area (Å²) in [4.78, 5) is 10.6. The molecule has 18 heavy (non-hydrogen) atoms. The third kappa shape index (κ3) is 2.51. The molecule has 1 aromatic carbocycles. The van der Waals surface area contributed by atoms with Gasteiger partial charge in [0.05, 0.1) is 12.1 Å². The van der Waals surface area contributed by atoms with Gasteiger partial charge in [-0.3, -0.25) is 0 Å². The summed E-state index contributed by atoms with van der Waals surface area (Å²) in [5.41, 5.74) is 6.58. The van der Waals surface area contributed by atoms with E-state index in [0.717, 1.165) is 29.7 Å². The Kier molecular flexibility index (Phi) is 3.94.